The number of primary amides is 1. The van der Waals surface area contributed by atoms with Crippen LogP contribution in [0.3, 0.4) is 0 Å². The Kier molecular flexibility index (Phi) is 7.55. The Morgan fingerprint density at radius 2 is 1.61 bits per heavy atom. The highest BCUT2D eigenvalue weighted by atomic mass is 19.4. The van der Waals surface area contributed by atoms with Crippen LogP contribution in [0.2, 0.25) is 0 Å². The number of hydrogen-bond acceptors (Lipinski definition) is 3. The second-order valence-electron chi connectivity index (χ2n) is 6.94. The number of rotatable bonds is 8. The van der Waals surface area contributed by atoms with E-state index in [0.29, 0.717) is 18.1 Å². The van der Waals surface area contributed by atoms with Gasteiger partial charge in [0.25, 0.3) is 0 Å². The SMILES string of the molecule is N#Cc1ccc(N(CCCc2ccc(CC(N)=O)cc2)CC(F)(F)F)cc1C(F)(F)F. The molecule has 2 aromatic rings. The van der Waals surface area contributed by atoms with E-state index in [-0.39, 0.29) is 25.1 Å². The Balaban J connectivity index is 2.16. The van der Waals surface area contributed by atoms with E-state index in [2.05, 4.69) is 0 Å². The third-order valence-electron chi connectivity index (χ3n) is 4.46. The number of nitrogens with zero attached hydrogens (tertiary/aromatic N) is 2. The number of carbonyl (C=O) groups excluding carboxylic acids is 1. The zero-order valence-corrected chi connectivity index (χ0v) is 16.2. The molecule has 0 aliphatic rings. The number of hydrogen-bond donors (Lipinski definition) is 1. The summed E-state index contributed by atoms with van der Waals surface area (Å²) >= 11 is 0. The molecule has 2 N–H and O–H groups in total. The van der Waals surface area contributed by atoms with Crippen LogP contribution < -0.4 is 10.6 Å². The van der Waals surface area contributed by atoms with Gasteiger partial charge in [0.1, 0.15) is 6.54 Å². The molecule has 0 saturated carbocycles. The fourth-order valence-electron chi connectivity index (χ4n) is 3.08. The van der Waals surface area contributed by atoms with E-state index >= 15 is 0 Å². The van der Waals surface area contributed by atoms with Crippen LogP contribution in [-0.2, 0) is 23.8 Å². The van der Waals surface area contributed by atoms with Crippen molar-refractivity contribution in [2.75, 3.05) is 18.0 Å². The third-order valence-corrected chi connectivity index (χ3v) is 4.46. The molecular formula is C21H19F6N3O. The van der Waals surface area contributed by atoms with Crippen molar-refractivity contribution in [3.05, 3.63) is 64.7 Å². The van der Waals surface area contributed by atoms with Crippen molar-refractivity contribution in [3.8, 4) is 6.07 Å². The van der Waals surface area contributed by atoms with Crippen LogP contribution in [0.4, 0.5) is 32.0 Å². The summed E-state index contributed by atoms with van der Waals surface area (Å²) in [7, 11) is 0. The molecular weight excluding hydrogens is 424 g/mol. The standard InChI is InChI=1S/C21H19F6N3O/c22-20(23,24)13-30(17-8-7-16(12-28)18(11-17)21(25,26)27)9-1-2-14-3-5-15(6-4-14)10-19(29)31/h3-8,11H,1-2,9-10,13H2,(H2,29,31). The lowest BCUT2D eigenvalue weighted by atomic mass is 10.0. The summed E-state index contributed by atoms with van der Waals surface area (Å²) in [4.78, 5) is 11.7. The van der Waals surface area contributed by atoms with Gasteiger partial charge >= 0.3 is 12.4 Å². The van der Waals surface area contributed by atoms with E-state index in [4.69, 9.17) is 11.0 Å². The molecule has 0 heterocycles. The maximum atomic E-state index is 13.2. The molecule has 0 radical (unpaired) electrons. The molecule has 0 bridgehead atoms. The second-order valence-corrected chi connectivity index (χ2v) is 6.94. The number of benzene rings is 2. The average molecular weight is 443 g/mol. The predicted molar refractivity (Wildman–Crippen MR) is 102 cm³/mol. The van der Waals surface area contributed by atoms with Gasteiger partial charge in [-0.15, -0.1) is 0 Å². The van der Waals surface area contributed by atoms with E-state index in [1.165, 1.54) is 6.07 Å². The number of alkyl halides is 6. The minimum absolute atomic E-state index is 0.0693. The Bertz CT molecular complexity index is 946. The minimum atomic E-state index is -4.86. The Hall–Kier alpha value is -3.22. The number of nitriles is 1. The molecule has 10 heteroatoms. The first kappa shape index (κ1) is 24.1. The smallest absolute Gasteiger partial charge is 0.369 e. The summed E-state index contributed by atoms with van der Waals surface area (Å²) < 4.78 is 78.6. The van der Waals surface area contributed by atoms with E-state index in [1.54, 1.807) is 24.3 Å². The van der Waals surface area contributed by atoms with Gasteiger partial charge in [-0.05, 0) is 42.2 Å². The van der Waals surface area contributed by atoms with E-state index in [1.807, 2.05) is 0 Å². The number of aryl methyl sites for hydroxylation is 1. The lowest BCUT2D eigenvalue weighted by Crippen LogP contribution is -2.35. The minimum Gasteiger partial charge on any atom is -0.369 e. The molecule has 0 atom stereocenters. The number of carbonyl (C=O) groups is 1. The number of anilines is 1. The summed E-state index contributed by atoms with van der Waals surface area (Å²) in [5.74, 6) is -0.490. The molecule has 0 aliphatic heterocycles. The second kappa shape index (κ2) is 9.73. The summed E-state index contributed by atoms with van der Waals surface area (Å²) in [6, 6.07) is 10.7. The van der Waals surface area contributed by atoms with Gasteiger partial charge in [0.05, 0.1) is 23.6 Å². The van der Waals surface area contributed by atoms with Gasteiger partial charge in [0.2, 0.25) is 5.91 Å². The predicted octanol–water partition coefficient (Wildman–Crippen LogP) is 4.61. The van der Waals surface area contributed by atoms with Gasteiger partial charge < -0.3 is 10.6 Å². The Morgan fingerprint density at radius 1 is 1.00 bits per heavy atom. The van der Waals surface area contributed by atoms with Gasteiger partial charge in [-0.1, -0.05) is 24.3 Å². The number of halogens is 6. The molecule has 166 valence electrons. The van der Waals surface area contributed by atoms with Crippen molar-refractivity contribution >= 4 is 11.6 Å². The summed E-state index contributed by atoms with van der Waals surface area (Å²) in [6.45, 7) is -1.57. The first-order valence-electron chi connectivity index (χ1n) is 9.18. The first-order chi connectivity index (χ1) is 14.4. The Morgan fingerprint density at radius 3 is 2.13 bits per heavy atom. The molecule has 0 aliphatic carbocycles. The molecule has 0 fully saturated rings. The molecule has 0 unspecified atom stereocenters. The maximum Gasteiger partial charge on any atom is 0.417 e. The number of nitrogens with two attached hydrogens (primary N) is 1. The van der Waals surface area contributed by atoms with Crippen molar-refractivity contribution in [1.82, 2.24) is 0 Å². The monoisotopic (exact) mass is 443 g/mol. The van der Waals surface area contributed by atoms with Crippen LogP contribution in [0.15, 0.2) is 42.5 Å². The van der Waals surface area contributed by atoms with Crippen LogP contribution in [0.25, 0.3) is 0 Å². The van der Waals surface area contributed by atoms with Crippen molar-refractivity contribution < 1.29 is 31.1 Å². The fourth-order valence-corrected chi connectivity index (χ4v) is 3.08. The molecule has 1 amide bonds. The van der Waals surface area contributed by atoms with Gasteiger partial charge in [-0.25, -0.2) is 0 Å². The van der Waals surface area contributed by atoms with E-state index < -0.39 is 35.9 Å². The highest BCUT2D eigenvalue weighted by Gasteiger charge is 2.35. The van der Waals surface area contributed by atoms with Crippen molar-refractivity contribution in [2.45, 2.75) is 31.6 Å². The normalized spacial score (nSPS) is 11.8. The molecule has 2 aromatic carbocycles. The van der Waals surface area contributed by atoms with Crippen molar-refractivity contribution in [1.29, 1.82) is 5.26 Å². The van der Waals surface area contributed by atoms with Crippen LogP contribution in [-0.4, -0.2) is 25.2 Å². The highest BCUT2D eigenvalue weighted by Crippen LogP contribution is 2.35. The summed E-state index contributed by atoms with van der Waals surface area (Å²) in [5.41, 5.74) is 4.43. The summed E-state index contributed by atoms with van der Waals surface area (Å²) in [6.07, 6.45) is -8.79. The highest BCUT2D eigenvalue weighted by molar-refractivity contribution is 5.76. The zero-order valence-electron chi connectivity index (χ0n) is 16.2. The van der Waals surface area contributed by atoms with Crippen LogP contribution in [0, 0.1) is 11.3 Å². The molecule has 2 rings (SSSR count). The maximum absolute atomic E-state index is 13.2. The van der Waals surface area contributed by atoms with Crippen LogP contribution in [0.1, 0.15) is 28.7 Å². The molecule has 31 heavy (non-hydrogen) atoms. The average Bonchev–Trinajstić information content (AvgIpc) is 2.66. The fraction of sp³-hybridized carbons (Fsp3) is 0.333. The van der Waals surface area contributed by atoms with E-state index in [9.17, 15) is 31.1 Å². The molecule has 4 nitrogen and oxygen atoms in total. The summed E-state index contributed by atoms with van der Waals surface area (Å²) in [5, 5.41) is 8.86. The Labute approximate surface area is 174 Å². The molecule has 0 spiro atoms. The van der Waals surface area contributed by atoms with Gasteiger partial charge in [0.15, 0.2) is 0 Å². The van der Waals surface area contributed by atoms with Crippen LogP contribution in [0.5, 0.6) is 0 Å². The first-order valence-corrected chi connectivity index (χ1v) is 9.18. The van der Waals surface area contributed by atoms with Gasteiger partial charge in [-0.3, -0.25) is 4.79 Å². The lowest BCUT2D eigenvalue weighted by Gasteiger charge is -2.27. The zero-order chi connectivity index (χ0) is 23.2. The largest absolute Gasteiger partial charge is 0.417 e. The van der Waals surface area contributed by atoms with Crippen molar-refractivity contribution in [2.24, 2.45) is 5.73 Å². The van der Waals surface area contributed by atoms with Crippen molar-refractivity contribution in [3.63, 3.8) is 0 Å². The van der Waals surface area contributed by atoms with Gasteiger partial charge in [-0.2, -0.15) is 31.6 Å². The van der Waals surface area contributed by atoms with Crippen LogP contribution >= 0.6 is 0 Å². The lowest BCUT2D eigenvalue weighted by molar-refractivity contribution is -0.137. The topological polar surface area (TPSA) is 70.1 Å². The van der Waals surface area contributed by atoms with Gasteiger partial charge in [0, 0.05) is 12.2 Å². The van der Waals surface area contributed by atoms with E-state index in [0.717, 1.165) is 22.6 Å². The number of amides is 1. The quantitative estimate of drug-likeness (QED) is 0.606. The molecule has 0 aromatic heterocycles. The third kappa shape index (κ3) is 7.51. The molecule has 0 saturated heterocycles.